The normalized spacial score (nSPS) is 12.7. The van der Waals surface area contributed by atoms with Gasteiger partial charge in [0.05, 0.1) is 34.8 Å². The third-order valence-electron chi connectivity index (χ3n) is 4.73. The quantitative estimate of drug-likeness (QED) is 0.415. The molecule has 4 aromatic rings. The lowest BCUT2D eigenvalue weighted by molar-refractivity contribution is -0.122. The van der Waals surface area contributed by atoms with Gasteiger partial charge in [-0.3, -0.25) is 14.7 Å². The Kier molecular flexibility index (Phi) is 5.60. The number of amides is 3. The first kappa shape index (κ1) is 20.5. The lowest BCUT2D eigenvalue weighted by Crippen LogP contribution is -2.43. The van der Waals surface area contributed by atoms with E-state index in [0.29, 0.717) is 23.5 Å². The van der Waals surface area contributed by atoms with E-state index in [4.69, 9.17) is 4.74 Å². The van der Waals surface area contributed by atoms with Gasteiger partial charge < -0.3 is 15.4 Å². The predicted octanol–water partition coefficient (Wildman–Crippen LogP) is 4.17. The summed E-state index contributed by atoms with van der Waals surface area (Å²) in [5, 5.41) is 6.02. The van der Waals surface area contributed by atoms with Gasteiger partial charge >= 0.3 is 12.0 Å². The molecule has 4 heterocycles. The number of hydrogen-bond donors (Lipinski definition) is 2. The van der Waals surface area contributed by atoms with Crippen LogP contribution < -0.4 is 20.3 Å². The van der Waals surface area contributed by atoms with Crippen LogP contribution in [0, 0.1) is 0 Å². The monoisotopic (exact) mass is 459 g/mol. The molecule has 1 fully saturated rings. The lowest BCUT2D eigenvalue weighted by atomic mass is 10.2. The van der Waals surface area contributed by atoms with Crippen LogP contribution in [-0.4, -0.2) is 38.4 Å². The second-order valence-corrected chi connectivity index (χ2v) is 8.01. The molecule has 1 aliphatic heterocycles. The molecule has 1 aromatic carbocycles. The minimum atomic E-state index is -0.430. The van der Waals surface area contributed by atoms with Crippen LogP contribution in [0.3, 0.4) is 0 Å². The number of benzene rings is 1. The highest BCUT2D eigenvalue weighted by Gasteiger charge is 2.27. The summed E-state index contributed by atoms with van der Waals surface area (Å²) in [6.45, 7) is 0.724. The summed E-state index contributed by atoms with van der Waals surface area (Å²) < 4.78 is 5.68. The summed E-state index contributed by atoms with van der Waals surface area (Å²) in [6.07, 6.45) is 8.42. The Balaban J connectivity index is 1.17. The second kappa shape index (κ2) is 9.01. The number of β-lactam (4-membered cyclic amide) rings is 1. The van der Waals surface area contributed by atoms with Crippen molar-refractivity contribution in [2.24, 2.45) is 0 Å². The number of nitrogens with zero attached hydrogens (tertiary/aromatic N) is 5. The average Bonchev–Trinajstić information content (AvgIpc) is 3.29. The Morgan fingerprint density at radius 3 is 2.42 bits per heavy atom. The third-order valence-corrected chi connectivity index (χ3v) is 5.80. The first-order chi connectivity index (χ1) is 16.1. The van der Waals surface area contributed by atoms with Crippen LogP contribution >= 0.6 is 11.3 Å². The molecule has 5 rings (SSSR count). The Morgan fingerprint density at radius 1 is 0.970 bits per heavy atom. The van der Waals surface area contributed by atoms with Crippen molar-refractivity contribution in [1.29, 1.82) is 0 Å². The highest BCUT2D eigenvalue weighted by molar-refractivity contribution is 7.19. The molecule has 0 atom stereocenters. The summed E-state index contributed by atoms with van der Waals surface area (Å²) >= 11 is 1.48. The summed E-state index contributed by atoms with van der Waals surface area (Å²) in [5.41, 5.74) is 1.96. The van der Waals surface area contributed by atoms with Crippen molar-refractivity contribution in [3.05, 3.63) is 67.4 Å². The van der Waals surface area contributed by atoms with E-state index >= 15 is 0 Å². The fourth-order valence-corrected chi connectivity index (χ4v) is 3.96. The largest absolute Gasteiger partial charge is 0.424 e. The van der Waals surface area contributed by atoms with Crippen LogP contribution in [0.5, 0.6) is 11.8 Å². The minimum absolute atomic E-state index is 0.106. The van der Waals surface area contributed by atoms with Crippen molar-refractivity contribution < 1.29 is 14.3 Å². The van der Waals surface area contributed by atoms with Crippen LogP contribution in [0.2, 0.25) is 0 Å². The van der Waals surface area contributed by atoms with Gasteiger partial charge in [0.1, 0.15) is 5.75 Å². The molecule has 0 bridgehead atoms. The van der Waals surface area contributed by atoms with E-state index in [9.17, 15) is 9.59 Å². The third kappa shape index (κ3) is 4.77. The van der Waals surface area contributed by atoms with E-state index in [0.717, 1.165) is 22.1 Å². The van der Waals surface area contributed by atoms with Crippen molar-refractivity contribution in [2.45, 2.75) is 6.42 Å². The summed E-state index contributed by atoms with van der Waals surface area (Å²) in [7, 11) is 0. The minimum Gasteiger partial charge on any atom is -0.424 e. The number of thiazole rings is 1. The maximum absolute atomic E-state index is 12.0. The molecule has 33 heavy (non-hydrogen) atoms. The van der Waals surface area contributed by atoms with Gasteiger partial charge in [-0.05, 0) is 42.0 Å². The van der Waals surface area contributed by atoms with Gasteiger partial charge in [-0.1, -0.05) is 11.3 Å². The fraction of sp³-hybridized carbons (Fsp3) is 0.0909. The van der Waals surface area contributed by atoms with E-state index in [-0.39, 0.29) is 11.9 Å². The molecule has 0 unspecified atom stereocenters. The van der Waals surface area contributed by atoms with Crippen molar-refractivity contribution >= 4 is 39.8 Å². The van der Waals surface area contributed by atoms with Crippen LogP contribution in [0.15, 0.2) is 67.4 Å². The van der Waals surface area contributed by atoms with Gasteiger partial charge in [0, 0.05) is 25.4 Å². The zero-order chi connectivity index (χ0) is 22.6. The van der Waals surface area contributed by atoms with Gasteiger partial charge in [0.25, 0.3) is 0 Å². The highest BCUT2D eigenvalue weighted by atomic mass is 32.1. The fourth-order valence-electron chi connectivity index (χ4n) is 3.00. The smallest absolute Gasteiger partial charge is 0.323 e. The van der Waals surface area contributed by atoms with Gasteiger partial charge in [-0.25, -0.2) is 19.7 Å². The molecule has 10 nitrogen and oxygen atoms in total. The molecule has 1 saturated heterocycles. The SMILES string of the molecule is O=C(Nc1cccnc1)Nc1cnc(Oc2ccc(-c3cnc(N4CCC4=O)s3)cc2)nc1. The number of hydrogen-bond acceptors (Lipinski definition) is 8. The van der Waals surface area contributed by atoms with Crippen LogP contribution in [0.25, 0.3) is 10.4 Å². The number of nitrogens with one attached hydrogen (secondary N) is 2. The molecular formula is C22H17N7O3S. The Bertz CT molecular complexity index is 1280. The summed E-state index contributed by atoms with van der Waals surface area (Å²) in [4.78, 5) is 42.8. The molecule has 11 heteroatoms. The zero-order valence-corrected chi connectivity index (χ0v) is 18.0. The zero-order valence-electron chi connectivity index (χ0n) is 17.1. The molecule has 0 spiro atoms. The van der Waals surface area contributed by atoms with Gasteiger partial charge in [0.15, 0.2) is 5.13 Å². The van der Waals surface area contributed by atoms with Gasteiger partial charge in [-0.15, -0.1) is 0 Å². The average molecular weight is 459 g/mol. The van der Waals surface area contributed by atoms with Crippen molar-refractivity contribution in [1.82, 2.24) is 19.9 Å². The number of rotatable bonds is 6. The van der Waals surface area contributed by atoms with E-state index in [1.165, 1.54) is 23.7 Å². The molecule has 0 saturated carbocycles. The Morgan fingerprint density at radius 2 is 1.76 bits per heavy atom. The second-order valence-electron chi connectivity index (χ2n) is 7.00. The topological polar surface area (TPSA) is 122 Å². The molecule has 164 valence electrons. The van der Waals surface area contributed by atoms with Crippen molar-refractivity contribution in [2.75, 3.05) is 22.1 Å². The molecule has 3 aromatic heterocycles. The molecule has 0 radical (unpaired) electrons. The molecule has 2 N–H and O–H groups in total. The van der Waals surface area contributed by atoms with E-state index in [2.05, 4.69) is 30.6 Å². The number of pyridine rings is 1. The van der Waals surface area contributed by atoms with E-state index in [1.54, 1.807) is 47.8 Å². The van der Waals surface area contributed by atoms with Crippen LogP contribution in [0.4, 0.5) is 21.3 Å². The Hall–Kier alpha value is -4.38. The molecule has 3 amide bonds. The van der Waals surface area contributed by atoms with Gasteiger partial charge in [0.2, 0.25) is 5.91 Å². The van der Waals surface area contributed by atoms with Crippen molar-refractivity contribution in [3.63, 3.8) is 0 Å². The molecule has 1 aliphatic rings. The number of carbonyl (C=O) groups excluding carboxylic acids is 2. The summed E-state index contributed by atoms with van der Waals surface area (Å²) in [6, 6.07) is 10.6. The number of urea groups is 1. The van der Waals surface area contributed by atoms with Crippen LogP contribution in [-0.2, 0) is 4.79 Å². The number of carbonyl (C=O) groups is 2. The van der Waals surface area contributed by atoms with Crippen molar-refractivity contribution in [3.8, 4) is 22.2 Å². The van der Waals surface area contributed by atoms with E-state index in [1.807, 2.05) is 12.1 Å². The Labute approximate surface area is 192 Å². The van der Waals surface area contributed by atoms with Gasteiger partial charge in [-0.2, -0.15) is 0 Å². The standard InChI is InChI=1S/C22H17N7O3S/c30-19-7-9-29(19)22-26-13-18(33-22)14-3-5-17(6-4-14)32-21-24-11-16(12-25-21)28-20(31)27-15-2-1-8-23-10-15/h1-6,8,10-13H,7,9H2,(H2,27,28,31). The van der Waals surface area contributed by atoms with E-state index < -0.39 is 6.03 Å². The number of anilines is 3. The first-order valence-corrected chi connectivity index (χ1v) is 10.8. The lowest BCUT2D eigenvalue weighted by Gasteiger charge is -2.27. The van der Waals surface area contributed by atoms with Crippen LogP contribution in [0.1, 0.15) is 6.42 Å². The predicted molar refractivity (Wildman–Crippen MR) is 124 cm³/mol. The highest BCUT2D eigenvalue weighted by Crippen LogP contribution is 2.34. The number of aromatic nitrogens is 4. The molecular weight excluding hydrogens is 442 g/mol. The maximum Gasteiger partial charge on any atom is 0.323 e. The number of ether oxygens (including phenoxy) is 1. The maximum atomic E-state index is 12.0. The summed E-state index contributed by atoms with van der Waals surface area (Å²) in [5.74, 6) is 0.673. The first-order valence-electron chi connectivity index (χ1n) is 9.98. The molecule has 0 aliphatic carbocycles.